The minimum atomic E-state index is 0. The van der Waals surface area contributed by atoms with Gasteiger partial charge in [-0.25, -0.2) is 0 Å². The predicted octanol–water partition coefficient (Wildman–Crippen LogP) is -35.3. The summed E-state index contributed by atoms with van der Waals surface area (Å²) in [6.45, 7) is 0. The third kappa shape index (κ3) is 2500. The first kappa shape index (κ1) is 2710. The fraction of sp³-hybridized carbons (Fsp3) is 0. The molecule has 0 aromatic carbocycles. The molecule has 0 amide bonds. The summed E-state index contributed by atoms with van der Waals surface area (Å²) < 4.78 is 0. The van der Waals surface area contributed by atoms with E-state index in [1.807, 2.05) is 0 Å². The monoisotopic (exact) mass is 1110 g/mol. The molecule has 0 bridgehead atoms. The van der Waals surface area contributed by atoms with Crippen LogP contribution in [0.4, 0.5) is 0 Å². The summed E-state index contributed by atoms with van der Waals surface area (Å²) in [5.74, 6) is 0. The van der Waals surface area contributed by atoms with E-state index in [1.165, 1.54) is 0 Å². The Hall–Kier alpha value is 9.89. The van der Waals surface area contributed by atoms with Crippen molar-refractivity contribution in [1.82, 2.24) is 0 Å². The standard InChI is InChI=1S/15Mg.40H2O.30H/h;;;;;;;;;;;;;;;40*1H2;;;;;;;;;;;;;;;;;;;;;;;;;;;;;;/q15*+2;;;;;;;;;;;;;;;;;;;;;;;;;;;;;;;;;;;;;;;;;30*-1. The van der Waals surface area contributed by atoms with Crippen LogP contribution in [-0.2, 0) is 0 Å². The van der Waals surface area contributed by atoms with Crippen LogP contribution in [0.1, 0.15) is 42.8 Å². The quantitative estimate of drug-likeness (QED) is 0.204. The summed E-state index contributed by atoms with van der Waals surface area (Å²) in [6, 6.07) is 0. The van der Waals surface area contributed by atoms with Crippen LogP contribution in [0.15, 0.2) is 0 Å². The Bertz CT molecular complexity index is 126. The molecular formula is H110Mg15O40. The molecule has 0 unspecified atom stereocenters. The van der Waals surface area contributed by atoms with Gasteiger partial charge in [0, 0.05) is 0 Å². The smallest absolute Gasteiger partial charge is 1.00 e. The number of hydrogen-bond acceptors (Lipinski definition) is 0. The summed E-state index contributed by atoms with van der Waals surface area (Å²) in [5.41, 5.74) is 0. The molecule has 40 nitrogen and oxygen atoms in total. The SMILES string of the molecule is O.O.O.O.O.O.O.O.O.O.O.O.O.O.O.O.O.O.O.O.O.O.O.O.O.O.O.O.O.O.O.O.O.O.O.O.O.O.O.O.[H-].[H-].[H-].[H-].[H-].[H-].[H-].[H-].[H-].[H-].[H-].[H-].[H-].[H-].[H-].[H-].[H-].[H-].[H-].[H-].[H-].[H-].[H-].[H-].[H-].[H-].[H-].[H-].[H-].[H-].[Mg+2].[Mg+2].[Mg+2].[Mg+2].[Mg+2].[Mg+2].[Mg+2].[Mg+2].[Mg+2].[Mg+2].[Mg+2].[Mg+2].[Mg+2].[Mg+2].[Mg+2]. The maximum absolute atomic E-state index is 0. The Balaban J connectivity index is 0. The van der Waals surface area contributed by atoms with Crippen molar-refractivity contribution in [3.63, 3.8) is 0 Å². The Morgan fingerprint density at radius 1 is 0.0545 bits per heavy atom. The molecule has 0 fully saturated rings. The van der Waals surface area contributed by atoms with Crippen molar-refractivity contribution in [1.29, 1.82) is 0 Å². The van der Waals surface area contributed by atoms with E-state index in [4.69, 9.17) is 0 Å². The zero-order valence-corrected chi connectivity index (χ0v) is 51.8. The first-order valence-electron chi connectivity index (χ1n) is 0. The molecule has 0 heterocycles. The molecular weight excluding hydrogens is 1000 g/mol. The van der Waals surface area contributed by atoms with E-state index in [9.17, 15) is 0 Å². The molecule has 0 rings (SSSR count). The fourth-order valence-corrected chi connectivity index (χ4v) is 0. The Morgan fingerprint density at radius 2 is 0.0545 bits per heavy atom. The molecule has 0 saturated carbocycles. The van der Waals surface area contributed by atoms with Crippen LogP contribution in [0.25, 0.3) is 0 Å². The summed E-state index contributed by atoms with van der Waals surface area (Å²) in [7, 11) is 0. The van der Waals surface area contributed by atoms with E-state index in [-0.39, 0.29) is 608 Å². The molecule has 0 radical (unpaired) electrons. The molecule has 0 spiro atoms. The van der Waals surface area contributed by atoms with Crippen molar-refractivity contribution in [2.75, 3.05) is 0 Å². The van der Waals surface area contributed by atoms with E-state index < -0.39 is 0 Å². The van der Waals surface area contributed by atoms with Gasteiger partial charge >= 0.3 is 346 Å². The second kappa shape index (κ2) is 2580. The van der Waals surface area contributed by atoms with Gasteiger partial charge in [0.1, 0.15) is 0 Å². The molecule has 55 heavy (non-hydrogen) atoms. The van der Waals surface area contributed by atoms with Crippen LogP contribution in [0.3, 0.4) is 0 Å². The third-order valence-electron chi connectivity index (χ3n) is 0. The maximum atomic E-state index is 0. The van der Waals surface area contributed by atoms with Crippen LogP contribution in [0.2, 0.25) is 0 Å². The van der Waals surface area contributed by atoms with Crippen molar-refractivity contribution in [2.45, 2.75) is 0 Å². The maximum Gasteiger partial charge on any atom is 2.00 e. The van der Waals surface area contributed by atoms with E-state index >= 15 is 0 Å². The van der Waals surface area contributed by atoms with Gasteiger partial charge in [-0.05, 0) is 0 Å². The van der Waals surface area contributed by atoms with Crippen molar-refractivity contribution < 1.29 is 262 Å². The Labute approximate surface area is 599 Å². The first-order chi connectivity index (χ1) is 0. The van der Waals surface area contributed by atoms with Gasteiger partial charge in [0.05, 0.1) is 0 Å². The average Bonchev–Trinajstić information content (AvgIpc) is 0. The van der Waals surface area contributed by atoms with Gasteiger partial charge in [-0.2, -0.15) is 0 Å². The molecule has 0 aromatic rings. The van der Waals surface area contributed by atoms with Gasteiger partial charge in [0.25, 0.3) is 0 Å². The number of rotatable bonds is 0. The van der Waals surface area contributed by atoms with Crippen LogP contribution in [-0.4, -0.2) is 565 Å². The minimum absolute atomic E-state index is 0. The van der Waals surface area contributed by atoms with Crippen LogP contribution < -0.4 is 0 Å². The van der Waals surface area contributed by atoms with Crippen molar-refractivity contribution in [2.24, 2.45) is 0 Å². The molecule has 55 heteroatoms. The van der Waals surface area contributed by atoms with E-state index in [0.717, 1.165) is 0 Å². The van der Waals surface area contributed by atoms with Crippen molar-refractivity contribution in [3.8, 4) is 0 Å². The van der Waals surface area contributed by atoms with Gasteiger partial charge in [-0.3, -0.25) is 0 Å². The van der Waals surface area contributed by atoms with E-state index in [1.54, 1.807) is 0 Å². The van der Waals surface area contributed by atoms with E-state index in [2.05, 4.69) is 0 Å². The fourth-order valence-electron chi connectivity index (χ4n) is 0. The summed E-state index contributed by atoms with van der Waals surface area (Å²) >= 11 is 0. The first-order valence-corrected chi connectivity index (χ1v) is 0. The summed E-state index contributed by atoms with van der Waals surface area (Å²) in [4.78, 5) is 0. The van der Waals surface area contributed by atoms with Crippen molar-refractivity contribution >= 4 is 346 Å². The predicted molar refractivity (Wildman–Crippen MR) is 264 cm³/mol. The van der Waals surface area contributed by atoms with Gasteiger partial charge < -0.3 is 262 Å². The molecule has 0 aliphatic carbocycles. The molecule has 80 N–H and O–H groups in total. The van der Waals surface area contributed by atoms with Crippen LogP contribution in [0, 0.1) is 0 Å². The zero-order chi connectivity index (χ0) is 0. The second-order valence-corrected chi connectivity index (χ2v) is 0. The topological polar surface area (TPSA) is 1260 Å². The summed E-state index contributed by atoms with van der Waals surface area (Å²) in [5, 5.41) is 0. The molecule has 0 saturated heterocycles. The van der Waals surface area contributed by atoms with Gasteiger partial charge in [-0.15, -0.1) is 0 Å². The Morgan fingerprint density at radius 3 is 0.0545 bits per heavy atom. The normalized spacial score (nSPS) is 0. The van der Waals surface area contributed by atoms with Crippen molar-refractivity contribution in [3.05, 3.63) is 0 Å². The van der Waals surface area contributed by atoms with E-state index in [0.29, 0.717) is 0 Å². The molecule has 0 aliphatic heterocycles. The summed E-state index contributed by atoms with van der Waals surface area (Å²) in [6.07, 6.45) is 0. The van der Waals surface area contributed by atoms with Crippen LogP contribution >= 0.6 is 0 Å². The van der Waals surface area contributed by atoms with Gasteiger partial charge in [-0.1, -0.05) is 0 Å². The van der Waals surface area contributed by atoms with Crippen LogP contribution in [0.5, 0.6) is 0 Å². The van der Waals surface area contributed by atoms with Gasteiger partial charge in [0.15, 0.2) is 0 Å². The molecule has 0 aromatic heterocycles. The minimum Gasteiger partial charge on any atom is -1.00 e. The third-order valence-corrected chi connectivity index (χ3v) is 0. The molecule has 0 aliphatic rings. The van der Waals surface area contributed by atoms with Gasteiger partial charge in [0.2, 0.25) is 0 Å². The Kier molecular flexibility index (Phi) is 127000. The zero-order valence-electron chi connectivity index (χ0n) is 60.6. The molecule has 0 atom stereocenters. The second-order valence-electron chi connectivity index (χ2n) is 0. The molecule has 380 valence electrons. The largest absolute Gasteiger partial charge is 2.00 e. The number of hydrogen-bond donors (Lipinski definition) is 0. The average molecular weight is 1120 g/mol.